The number of aromatic nitrogens is 1. The number of fused-ring (bicyclic) bond motifs is 1. The lowest BCUT2D eigenvalue weighted by atomic mass is 9.96. The van der Waals surface area contributed by atoms with Gasteiger partial charge in [-0.3, -0.25) is 4.79 Å². The zero-order valence-electron chi connectivity index (χ0n) is 9.48. The van der Waals surface area contributed by atoms with E-state index in [1.165, 1.54) is 0 Å². The van der Waals surface area contributed by atoms with E-state index in [1.807, 2.05) is 18.2 Å². The van der Waals surface area contributed by atoms with E-state index in [4.69, 9.17) is 9.52 Å². The predicted molar refractivity (Wildman–Crippen MR) is 66.9 cm³/mol. The van der Waals surface area contributed by atoms with Crippen LogP contribution in [-0.2, 0) is 4.79 Å². The molecule has 0 amide bonds. The topological polar surface area (TPSA) is 63.3 Å². The van der Waals surface area contributed by atoms with E-state index in [-0.39, 0.29) is 5.92 Å². The highest BCUT2D eigenvalue weighted by Gasteiger charge is 2.25. The van der Waals surface area contributed by atoms with Crippen LogP contribution in [0.2, 0.25) is 0 Å². The van der Waals surface area contributed by atoms with Crippen LogP contribution in [0.3, 0.4) is 0 Å². The SMILES string of the molecule is CC(C(=O)O)C(C)c1nc2cccc(Br)c2o1. The van der Waals surface area contributed by atoms with Gasteiger partial charge < -0.3 is 9.52 Å². The molecule has 0 aliphatic carbocycles. The predicted octanol–water partition coefficient (Wildman–Crippen LogP) is 3.41. The molecular weight excluding hydrogens is 286 g/mol. The van der Waals surface area contributed by atoms with Gasteiger partial charge in [0.05, 0.1) is 10.4 Å². The molecule has 1 N–H and O–H groups in total. The Morgan fingerprint density at radius 2 is 2.18 bits per heavy atom. The number of carbonyl (C=O) groups is 1. The Bertz CT molecular complexity index is 564. The summed E-state index contributed by atoms with van der Waals surface area (Å²) in [4.78, 5) is 15.2. The van der Waals surface area contributed by atoms with Gasteiger partial charge in [0.15, 0.2) is 11.5 Å². The van der Waals surface area contributed by atoms with E-state index in [2.05, 4.69) is 20.9 Å². The molecule has 0 radical (unpaired) electrons. The van der Waals surface area contributed by atoms with Crippen LogP contribution in [0.15, 0.2) is 27.1 Å². The largest absolute Gasteiger partial charge is 0.481 e. The number of para-hydroxylation sites is 1. The second kappa shape index (κ2) is 4.49. The number of aliphatic carboxylic acids is 1. The quantitative estimate of drug-likeness (QED) is 0.943. The number of hydrogen-bond donors (Lipinski definition) is 1. The highest BCUT2D eigenvalue weighted by atomic mass is 79.9. The molecule has 0 aliphatic rings. The maximum Gasteiger partial charge on any atom is 0.307 e. The smallest absolute Gasteiger partial charge is 0.307 e. The normalized spacial score (nSPS) is 14.8. The van der Waals surface area contributed by atoms with Gasteiger partial charge >= 0.3 is 5.97 Å². The van der Waals surface area contributed by atoms with E-state index in [1.54, 1.807) is 13.8 Å². The van der Waals surface area contributed by atoms with Crippen molar-refractivity contribution in [1.82, 2.24) is 4.98 Å². The van der Waals surface area contributed by atoms with E-state index in [0.717, 1.165) is 9.99 Å². The van der Waals surface area contributed by atoms with Crippen LogP contribution in [0.25, 0.3) is 11.1 Å². The number of carboxylic acids is 1. The first kappa shape index (κ1) is 12.1. The Kier molecular flexibility index (Phi) is 3.19. The van der Waals surface area contributed by atoms with Crippen LogP contribution in [-0.4, -0.2) is 16.1 Å². The molecule has 4 nitrogen and oxygen atoms in total. The summed E-state index contributed by atoms with van der Waals surface area (Å²) < 4.78 is 6.43. The summed E-state index contributed by atoms with van der Waals surface area (Å²) in [5.74, 6) is -1.17. The average molecular weight is 298 g/mol. The first-order chi connectivity index (χ1) is 8.00. The van der Waals surface area contributed by atoms with Crippen LogP contribution in [0.1, 0.15) is 25.7 Å². The summed E-state index contributed by atoms with van der Waals surface area (Å²) in [5.41, 5.74) is 1.39. The van der Waals surface area contributed by atoms with Crippen molar-refractivity contribution in [3.05, 3.63) is 28.6 Å². The minimum atomic E-state index is -0.848. The lowest BCUT2D eigenvalue weighted by molar-refractivity contribution is -0.141. The first-order valence-corrected chi connectivity index (χ1v) is 6.07. The van der Waals surface area contributed by atoms with Gasteiger partial charge in [0.1, 0.15) is 5.52 Å². The Balaban J connectivity index is 2.43. The number of carboxylic acid groups (broad SMARTS) is 1. The third-order valence-electron chi connectivity index (χ3n) is 2.91. The van der Waals surface area contributed by atoms with Crippen molar-refractivity contribution in [3.63, 3.8) is 0 Å². The van der Waals surface area contributed by atoms with E-state index >= 15 is 0 Å². The molecule has 1 aromatic heterocycles. The van der Waals surface area contributed by atoms with Crippen molar-refractivity contribution >= 4 is 33.0 Å². The summed E-state index contributed by atoms with van der Waals surface area (Å²) in [6.45, 7) is 3.45. The van der Waals surface area contributed by atoms with Crippen molar-refractivity contribution in [2.24, 2.45) is 5.92 Å². The minimum Gasteiger partial charge on any atom is -0.481 e. The standard InChI is InChI=1S/C12H12BrNO3/c1-6(7(2)12(15)16)11-14-9-5-3-4-8(13)10(9)17-11/h3-7H,1-2H3,(H,15,16). The molecule has 2 unspecified atom stereocenters. The Labute approximate surface area is 107 Å². The third-order valence-corrected chi connectivity index (χ3v) is 3.54. The van der Waals surface area contributed by atoms with E-state index in [9.17, 15) is 4.79 Å². The van der Waals surface area contributed by atoms with Gasteiger partial charge in [0.2, 0.25) is 0 Å². The summed E-state index contributed by atoms with van der Waals surface area (Å²) in [6.07, 6.45) is 0. The summed E-state index contributed by atoms with van der Waals surface area (Å²) >= 11 is 3.38. The molecule has 0 saturated heterocycles. The summed E-state index contributed by atoms with van der Waals surface area (Å²) in [6, 6.07) is 5.57. The van der Waals surface area contributed by atoms with E-state index in [0.29, 0.717) is 11.5 Å². The van der Waals surface area contributed by atoms with Crippen LogP contribution >= 0.6 is 15.9 Å². The molecule has 90 valence electrons. The zero-order chi connectivity index (χ0) is 12.6. The van der Waals surface area contributed by atoms with Crippen molar-refractivity contribution in [1.29, 1.82) is 0 Å². The molecule has 1 heterocycles. The van der Waals surface area contributed by atoms with Gasteiger partial charge in [0, 0.05) is 5.92 Å². The van der Waals surface area contributed by atoms with Gasteiger partial charge in [-0.1, -0.05) is 19.9 Å². The van der Waals surface area contributed by atoms with Crippen molar-refractivity contribution in [3.8, 4) is 0 Å². The molecule has 17 heavy (non-hydrogen) atoms. The molecule has 2 atom stereocenters. The molecule has 0 aliphatic heterocycles. The lowest BCUT2D eigenvalue weighted by Gasteiger charge is -2.11. The van der Waals surface area contributed by atoms with Crippen LogP contribution in [0.4, 0.5) is 0 Å². The number of oxazole rings is 1. The fourth-order valence-corrected chi connectivity index (χ4v) is 1.99. The molecule has 0 fully saturated rings. The van der Waals surface area contributed by atoms with Gasteiger partial charge in [-0.25, -0.2) is 4.98 Å². The second-order valence-electron chi connectivity index (χ2n) is 4.06. The Hall–Kier alpha value is -1.36. The number of nitrogens with zero attached hydrogens (tertiary/aromatic N) is 1. The van der Waals surface area contributed by atoms with Crippen LogP contribution in [0.5, 0.6) is 0 Å². The maximum atomic E-state index is 10.9. The Morgan fingerprint density at radius 1 is 1.47 bits per heavy atom. The molecule has 2 rings (SSSR count). The fraction of sp³-hybridized carbons (Fsp3) is 0.333. The average Bonchev–Trinajstić information content (AvgIpc) is 2.72. The maximum absolute atomic E-state index is 10.9. The van der Waals surface area contributed by atoms with Crippen LogP contribution in [0, 0.1) is 5.92 Å². The van der Waals surface area contributed by atoms with Gasteiger partial charge in [0.25, 0.3) is 0 Å². The molecular formula is C12H12BrNO3. The highest BCUT2D eigenvalue weighted by molar-refractivity contribution is 9.10. The molecule has 0 bridgehead atoms. The summed E-state index contributed by atoms with van der Waals surface area (Å²) in [7, 11) is 0. The molecule has 5 heteroatoms. The molecule has 1 aromatic carbocycles. The van der Waals surface area contributed by atoms with Gasteiger partial charge in [-0.05, 0) is 28.1 Å². The highest BCUT2D eigenvalue weighted by Crippen LogP contribution is 2.30. The van der Waals surface area contributed by atoms with Crippen LogP contribution < -0.4 is 0 Å². The molecule has 0 spiro atoms. The fourth-order valence-electron chi connectivity index (χ4n) is 1.56. The van der Waals surface area contributed by atoms with E-state index < -0.39 is 11.9 Å². The zero-order valence-corrected chi connectivity index (χ0v) is 11.1. The number of rotatable bonds is 3. The van der Waals surface area contributed by atoms with Gasteiger partial charge in [-0.15, -0.1) is 0 Å². The van der Waals surface area contributed by atoms with Crippen molar-refractivity contribution < 1.29 is 14.3 Å². The lowest BCUT2D eigenvalue weighted by Crippen LogP contribution is -2.16. The summed E-state index contributed by atoms with van der Waals surface area (Å²) in [5, 5.41) is 8.96. The molecule has 2 aromatic rings. The first-order valence-electron chi connectivity index (χ1n) is 5.28. The minimum absolute atomic E-state index is 0.258. The number of benzene rings is 1. The number of halogens is 1. The van der Waals surface area contributed by atoms with Gasteiger partial charge in [-0.2, -0.15) is 0 Å². The molecule has 0 saturated carbocycles. The second-order valence-corrected chi connectivity index (χ2v) is 4.91. The van der Waals surface area contributed by atoms with Crippen molar-refractivity contribution in [2.45, 2.75) is 19.8 Å². The van der Waals surface area contributed by atoms with Crippen molar-refractivity contribution in [2.75, 3.05) is 0 Å². The third kappa shape index (κ3) is 2.20. The Morgan fingerprint density at radius 3 is 2.76 bits per heavy atom. The monoisotopic (exact) mass is 297 g/mol. The number of hydrogen-bond acceptors (Lipinski definition) is 3.